The van der Waals surface area contributed by atoms with Crippen molar-refractivity contribution in [1.82, 2.24) is 10.2 Å². The van der Waals surface area contributed by atoms with Crippen molar-refractivity contribution in [1.29, 1.82) is 0 Å². The van der Waals surface area contributed by atoms with E-state index in [9.17, 15) is 9.90 Å². The number of phenolic OH excluding ortho intramolecular Hbond substituents is 1. The van der Waals surface area contributed by atoms with Crippen LogP contribution in [0.2, 0.25) is 10.0 Å². The molecule has 2 aliphatic heterocycles. The number of carbonyl (C=O) groups is 1. The van der Waals surface area contributed by atoms with E-state index in [0.29, 0.717) is 22.2 Å². The minimum Gasteiger partial charge on any atom is -0.508 e. The Morgan fingerprint density at radius 2 is 2.15 bits per heavy atom. The van der Waals surface area contributed by atoms with Crippen LogP contribution in [-0.4, -0.2) is 41.1 Å². The molecule has 0 aromatic heterocycles. The summed E-state index contributed by atoms with van der Waals surface area (Å²) in [5.74, 6) is 0.293. The fraction of sp³-hybridized carbons (Fsp3) is 0.500. The lowest BCUT2D eigenvalue weighted by Crippen LogP contribution is -2.56. The number of fused-ring (bicyclic) bond motifs is 1. The highest BCUT2D eigenvalue weighted by Crippen LogP contribution is 2.43. The van der Waals surface area contributed by atoms with Crippen LogP contribution in [0.5, 0.6) is 5.75 Å². The highest BCUT2D eigenvalue weighted by molar-refractivity contribution is 6.42. The quantitative estimate of drug-likeness (QED) is 0.836. The largest absolute Gasteiger partial charge is 0.508 e. The van der Waals surface area contributed by atoms with Crippen LogP contribution in [0.25, 0.3) is 0 Å². The van der Waals surface area contributed by atoms with E-state index in [-0.39, 0.29) is 29.7 Å². The van der Waals surface area contributed by atoms with Gasteiger partial charge < -0.3 is 15.3 Å². The van der Waals surface area contributed by atoms with E-state index in [1.165, 1.54) is 0 Å². The van der Waals surface area contributed by atoms with Gasteiger partial charge in [-0.1, -0.05) is 23.2 Å². The van der Waals surface area contributed by atoms with Crippen molar-refractivity contribution < 1.29 is 9.90 Å². The number of aromatic hydroxyl groups is 1. The zero-order valence-corrected chi connectivity index (χ0v) is 12.6. The summed E-state index contributed by atoms with van der Waals surface area (Å²) in [4.78, 5) is 14.1. The van der Waals surface area contributed by atoms with Crippen LogP contribution in [0.1, 0.15) is 24.8 Å². The van der Waals surface area contributed by atoms with Crippen molar-refractivity contribution in [2.75, 3.05) is 13.1 Å². The molecule has 0 bridgehead atoms. The summed E-state index contributed by atoms with van der Waals surface area (Å²) in [7, 11) is 0. The summed E-state index contributed by atoms with van der Waals surface area (Å²) in [6.07, 6.45) is 0.791. The van der Waals surface area contributed by atoms with Gasteiger partial charge in [0, 0.05) is 30.6 Å². The van der Waals surface area contributed by atoms with Crippen molar-refractivity contribution in [3.05, 3.63) is 27.7 Å². The third kappa shape index (κ3) is 2.16. The number of hydrogen-bond donors (Lipinski definition) is 2. The summed E-state index contributed by atoms with van der Waals surface area (Å²) in [6.45, 7) is 3.24. The highest BCUT2D eigenvalue weighted by Gasteiger charge is 2.41. The van der Waals surface area contributed by atoms with Crippen LogP contribution in [0, 0.1) is 0 Å². The van der Waals surface area contributed by atoms with E-state index < -0.39 is 0 Å². The molecule has 2 heterocycles. The van der Waals surface area contributed by atoms with Gasteiger partial charge in [0.2, 0.25) is 5.91 Å². The first-order chi connectivity index (χ1) is 9.49. The van der Waals surface area contributed by atoms with Gasteiger partial charge in [0.25, 0.3) is 0 Å². The lowest BCUT2D eigenvalue weighted by atomic mass is 9.95. The molecule has 20 heavy (non-hydrogen) atoms. The summed E-state index contributed by atoms with van der Waals surface area (Å²) in [6, 6.07) is 3.16. The minimum atomic E-state index is -0.145. The zero-order valence-electron chi connectivity index (χ0n) is 11.1. The summed E-state index contributed by atoms with van der Waals surface area (Å²) in [5, 5.41) is 14.1. The molecule has 2 saturated heterocycles. The summed E-state index contributed by atoms with van der Waals surface area (Å²) < 4.78 is 0. The minimum absolute atomic E-state index is 0.0299. The monoisotopic (exact) mass is 314 g/mol. The molecule has 1 amide bonds. The third-order valence-electron chi connectivity index (χ3n) is 4.25. The lowest BCUT2D eigenvalue weighted by molar-refractivity contribution is -0.136. The molecule has 2 aliphatic rings. The molecular formula is C14H16Cl2N2O2. The molecule has 0 unspecified atom stereocenters. The molecule has 2 fully saturated rings. The second-order valence-corrected chi connectivity index (χ2v) is 6.29. The van der Waals surface area contributed by atoms with Gasteiger partial charge in [-0.15, -0.1) is 0 Å². The number of benzene rings is 1. The molecule has 4 nitrogen and oxygen atoms in total. The van der Waals surface area contributed by atoms with E-state index in [1.54, 1.807) is 12.1 Å². The fourth-order valence-electron chi connectivity index (χ4n) is 3.18. The number of piperazine rings is 1. The van der Waals surface area contributed by atoms with Gasteiger partial charge in [0.05, 0.1) is 16.1 Å². The second-order valence-electron chi connectivity index (χ2n) is 5.50. The maximum Gasteiger partial charge on any atom is 0.239 e. The lowest BCUT2D eigenvalue weighted by Gasteiger charge is -2.33. The Bertz CT molecular complexity index is 564. The Morgan fingerprint density at radius 1 is 1.40 bits per heavy atom. The van der Waals surface area contributed by atoms with Gasteiger partial charge in [-0.2, -0.15) is 0 Å². The number of halogens is 2. The fourth-order valence-corrected chi connectivity index (χ4v) is 3.66. The third-order valence-corrected chi connectivity index (χ3v) is 5.06. The second kappa shape index (κ2) is 5.10. The van der Waals surface area contributed by atoms with E-state index >= 15 is 0 Å². The molecule has 0 aliphatic carbocycles. The average molecular weight is 315 g/mol. The smallest absolute Gasteiger partial charge is 0.239 e. The zero-order chi connectivity index (χ0) is 14.4. The van der Waals surface area contributed by atoms with Gasteiger partial charge >= 0.3 is 0 Å². The molecule has 6 heteroatoms. The van der Waals surface area contributed by atoms with Crippen LogP contribution in [-0.2, 0) is 4.79 Å². The Morgan fingerprint density at radius 3 is 2.90 bits per heavy atom. The molecular weight excluding hydrogens is 299 g/mol. The van der Waals surface area contributed by atoms with Crippen molar-refractivity contribution in [3.8, 4) is 5.75 Å². The van der Waals surface area contributed by atoms with Crippen LogP contribution in [0.15, 0.2) is 12.1 Å². The normalized spacial score (nSPS) is 29.6. The SMILES string of the molecule is C[C@@H]1NC[C@@H]2C[C@H](c3c(O)ccc(Cl)c3Cl)CN2C1=O. The predicted molar refractivity (Wildman–Crippen MR) is 78.5 cm³/mol. The van der Waals surface area contributed by atoms with E-state index in [4.69, 9.17) is 23.2 Å². The Labute approximate surface area is 127 Å². The standard InChI is InChI=1S/C14H16Cl2N2O2/c1-7-14(20)18-6-8(4-9(18)5-17-7)12-11(19)3-2-10(15)13(12)16/h2-3,7-9,17,19H,4-6H2,1H3/t7-,8-,9-/m0/s1. The average Bonchev–Trinajstić information content (AvgIpc) is 2.83. The molecule has 1 aromatic rings. The number of carbonyl (C=O) groups excluding carboxylic acids is 1. The molecule has 0 radical (unpaired) electrons. The Hall–Kier alpha value is -0.970. The maximum atomic E-state index is 12.2. The molecule has 1 aromatic carbocycles. The van der Waals surface area contributed by atoms with Gasteiger partial charge in [-0.05, 0) is 25.5 Å². The maximum absolute atomic E-state index is 12.2. The van der Waals surface area contributed by atoms with Crippen LogP contribution in [0.3, 0.4) is 0 Å². The number of nitrogens with zero attached hydrogens (tertiary/aromatic N) is 1. The Balaban J connectivity index is 1.91. The van der Waals surface area contributed by atoms with Gasteiger partial charge in [-0.3, -0.25) is 4.79 Å². The number of hydrogen-bond acceptors (Lipinski definition) is 3. The first-order valence-electron chi connectivity index (χ1n) is 6.69. The highest BCUT2D eigenvalue weighted by atomic mass is 35.5. The van der Waals surface area contributed by atoms with E-state index in [2.05, 4.69) is 5.32 Å². The Kier molecular flexibility index (Phi) is 3.56. The van der Waals surface area contributed by atoms with Crippen molar-refractivity contribution >= 4 is 29.1 Å². The van der Waals surface area contributed by atoms with Crippen LogP contribution < -0.4 is 5.32 Å². The molecule has 0 spiro atoms. The van der Waals surface area contributed by atoms with E-state index in [0.717, 1.165) is 13.0 Å². The van der Waals surface area contributed by atoms with Gasteiger partial charge in [0.1, 0.15) is 5.75 Å². The van der Waals surface area contributed by atoms with Crippen molar-refractivity contribution in [2.45, 2.75) is 31.3 Å². The molecule has 3 rings (SSSR count). The predicted octanol–water partition coefficient (Wildman–Crippen LogP) is 2.38. The topological polar surface area (TPSA) is 52.6 Å². The van der Waals surface area contributed by atoms with Crippen LogP contribution in [0.4, 0.5) is 0 Å². The number of nitrogens with one attached hydrogen (secondary N) is 1. The first-order valence-corrected chi connectivity index (χ1v) is 7.45. The first kappa shape index (κ1) is 14.0. The number of rotatable bonds is 1. The molecule has 2 N–H and O–H groups in total. The van der Waals surface area contributed by atoms with Crippen molar-refractivity contribution in [3.63, 3.8) is 0 Å². The van der Waals surface area contributed by atoms with Crippen LogP contribution >= 0.6 is 23.2 Å². The molecule has 108 valence electrons. The summed E-state index contributed by atoms with van der Waals surface area (Å²) >= 11 is 12.3. The molecule has 3 atom stereocenters. The molecule has 0 saturated carbocycles. The van der Waals surface area contributed by atoms with Gasteiger partial charge in [0.15, 0.2) is 0 Å². The van der Waals surface area contributed by atoms with Crippen molar-refractivity contribution in [2.24, 2.45) is 0 Å². The number of phenols is 1. The summed E-state index contributed by atoms with van der Waals surface area (Å²) in [5.41, 5.74) is 0.661. The van der Waals surface area contributed by atoms with E-state index in [1.807, 2.05) is 11.8 Å². The van der Waals surface area contributed by atoms with Gasteiger partial charge in [-0.25, -0.2) is 0 Å². The number of amides is 1.